The summed E-state index contributed by atoms with van der Waals surface area (Å²) in [6, 6.07) is 5.67. The minimum Gasteiger partial charge on any atom is -0.350 e. The Morgan fingerprint density at radius 2 is 2.26 bits per heavy atom. The Balaban J connectivity index is 1.67. The van der Waals surface area contributed by atoms with Gasteiger partial charge in [-0.2, -0.15) is 0 Å². The molecule has 2 amide bonds. The number of rotatable bonds is 4. The molecule has 23 heavy (non-hydrogen) atoms. The Kier molecular flexibility index (Phi) is 4.17. The molecule has 3 rings (SSSR count). The van der Waals surface area contributed by atoms with Crippen molar-refractivity contribution in [2.24, 2.45) is 0 Å². The van der Waals surface area contributed by atoms with Crippen LogP contribution in [0.1, 0.15) is 34.1 Å². The molecule has 0 aromatic carbocycles. The van der Waals surface area contributed by atoms with Gasteiger partial charge in [-0.15, -0.1) is 11.3 Å². The van der Waals surface area contributed by atoms with E-state index < -0.39 is 5.54 Å². The van der Waals surface area contributed by atoms with Crippen LogP contribution in [-0.2, 0) is 11.3 Å². The van der Waals surface area contributed by atoms with Crippen LogP contribution in [0.2, 0.25) is 0 Å². The Bertz CT molecular complexity index is 728. The van der Waals surface area contributed by atoms with Crippen molar-refractivity contribution >= 4 is 23.2 Å². The molecule has 1 unspecified atom stereocenters. The zero-order valence-electron chi connectivity index (χ0n) is 13.2. The van der Waals surface area contributed by atoms with E-state index in [4.69, 9.17) is 0 Å². The molecule has 0 bridgehead atoms. The Morgan fingerprint density at radius 1 is 1.43 bits per heavy atom. The van der Waals surface area contributed by atoms with Gasteiger partial charge >= 0.3 is 0 Å². The van der Waals surface area contributed by atoms with Gasteiger partial charge in [0.05, 0.1) is 4.88 Å². The minimum atomic E-state index is -0.768. The van der Waals surface area contributed by atoms with Gasteiger partial charge in [0.15, 0.2) is 0 Å². The number of hydrogen-bond donors (Lipinski definition) is 1. The van der Waals surface area contributed by atoms with Gasteiger partial charge in [-0.25, -0.2) is 0 Å². The van der Waals surface area contributed by atoms with Crippen molar-refractivity contribution in [1.29, 1.82) is 0 Å². The molecule has 1 atom stereocenters. The number of carbonyl (C=O) groups excluding carboxylic acids is 2. The van der Waals surface area contributed by atoms with Crippen LogP contribution in [0, 0.1) is 6.92 Å². The molecule has 0 radical (unpaired) electrons. The van der Waals surface area contributed by atoms with Crippen molar-refractivity contribution in [2.45, 2.75) is 32.4 Å². The number of nitrogens with one attached hydrogen (secondary N) is 1. The van der Waals surface area contributed by atoms with E-state index in [0.717, 1.165) is 16.0 Å². The highest BCUT2D eigenvalue weighted by atomic mass is 32.1. The molecular formula is C17H19N3O2S. The highest BCUT2D eigenvalue weighted by molar-refractivity contribution is 7.12. The van der Waals surface area contributed by atoms with Crippen LogP contribution in [0.5, 0.6) is 0 Å². The fourth-order valence-electron chi connectivity index (χ4n) is 2.71. The first-order valence-electron chi connectivity index (χ1n) is 7.55. The molecule has 0 spiro atoms. The number of aryl methyl sites for hydroxylation is 1. The molecule has 0 saturated carbocycles. The number of aromatic nitrogens is 1. The van der Waals surface area contributed by atoms with Crippen LogP contribution < -0.4 is 5.32 Å². The van der Waals surface area contributed by atoms with E-state index in [1.807, 2.05) is 37.4 Å². The number of likely N-dealkylation sites (tertiary alicyclic amines) is 1. The zero-order valence-corrected chi connectivity index (χ0v) is 14.0. The summed E-state index contributed by atoms with van der Waals surface area (Å²) in [7, 11) is 0. The standard InChI is InChI=1S/C17H19N3O2S/c1-12-5-9-23-14(12)15(21)20-8-6-17(20,2)16(22)19-11-13-4-3-7-18-10-13/h3-5,7,9-10H,6,8,11H2,1-2H3,(H,19,22). The number of pyridine rings is 1. The van der Waals surface area contributed by atoms with Crippen LogP contribution in [0.25, 0.3) is 0 Å². The fourth-order valence-corrected chi connectivity index (χ4v) is 3.58. The van der Waals surface area contributed by atoms with E-state index in [1.54, 1.807) is 17.3 Å². The van der Waals surface area contributed by atoms with E-state index in [-0.39, 0.29) is 11.8 Å². The average molecular weight is 329 g/mol. The SMILES string of the molecule is Cc1ccsc1C(=O)N1CCC1(C)C(=O)NCc1cccnc1. The minimum absolute atomic E-state index is 0.0530. The third kappa shape index (κ3) is 2.86. The molecule has 1 aliphatic rings. The highest BCUT2D eigenvalue weighted by Gasteiger charge is 2.49. The topological polar surface area (TPSA) is 62.3 Å². The molecule has 1 N–H and O–H groups in total. The Morgan fingerprint density at radius 3 is 2.83 bits per heavy atom. The summed E-state index contributed by atoms with van der Waals surface area (Å²) in [4.78, 5) is 31.6. The summed E-state index contributed by atoms with van der Waals surface area (Å²) >= 11 is 1.43. The van der Waals surface area contributed by atoms with E-state index in [0.29, 0.717) is 19.5 Å². The van der Waals surface area contributed by atoms with Gasteiger partial charge in [-0.1, -0.05) is 6.07 Å². The van der Waals surface area contributed by atoms with Gasteiger partial charge in [-0.05, 0) is 48.9 Å². The van der Waals surface area contributed by atoms with Gasteiger partial charge in [0, 0.05) is 25.5 Å². The maximum absolute atomic E-state index is 12.6. The van der Waals surface area contributed by atoms with Crippen molar-refractivity contribution in [3.63, 3.8) is 0 Å². The molecule has 5 nitrogen and oxygen atoms in total. The van der Waals surface area contributed by atoms with Crippen LogP contribution >= 0.6 is 11.3 Å². The van der Waals surface area contributed by atoms with E-state index in [9.17, 15) is 9.59 Å². The third-order valence-electron chi connectivity index (χ3n) is 4.38. The maximum Gasteiger partial charge on any atom is 0.265 e. The highest BCUT2D eigenvalue weighted by Crippen LogP contribution is 2.33. The lowest BCUT2D eigenvalue weighted by atomic mass is 9.85. The molecule has 3 heterocycles. The first-order valence-corrected chi connectivity index (χ1v) is 8.43. The van der Waals surface area contributed by atoms with Crippen molar-refractivity contribution in [3.05, 3.63) is 52.0 Å². The summed E-state index contributed by atoms with van der Waals surface area (Å²) in [5, 5.41) is 4.82. The van der Waals surface area contributed by atoms with Crippen LogP contribution in [-0.4, -0.2) is 33.8 Å². The lowest BCUT2D eigenvalue weighted by Crippen LogP contribution is -2.67. The van der Waals surface area contributed by atoms with Crippen molar-refractivity contribution in [3.8, 4) is 0 Å². The summed E-state index contributed by atoms with van der Waals surface area (Å²) in [6.45, 7) is 4.79. The largest absolute Gasteiger partial charge is 0.350 e. The van der Waals surface area contributed by atoms with Gasteiger partial charge in [-0.3, -0.25) is 14.6 Å². The van der Waals surface area contributed by atoms with Gasteiger partial charge in [0.2, 0.25) is 5.91 Å². The summed E-state index contributed by atoms with van der Waals surface area (Å²) in [6.07, 6.45) is 4.10. The smallest absolute Gasteiger partial charge is 0.265 e. The van der Waals surface area contributed by atoms with Gasteiger partial charge in [0.25, 0.3) is 5.91 Å². The molecule has 0 aliphatic carbocycles. The zero-order chi connectivity index (χ0) is 16.4. The summed E-state index contributed by atoms with van der Waals surface area (Å²) in [5.41, 5.74) is 1.14. The monoisotopic (exact) mass is 329 g/mol. The average Bonchev–Trinajstić information content (AvgIpc) is 2.97. The van der Waals surface area contributed by atoms with E-state index in [1.165, 1.54) is 11.3 Å². The first-order chi connectivity index (χ1) is 11.0. The molecular weight excluding hydrogens is 310 g/mol. The quantitative estimate of drug-likeness (QED) is 0.937. The predicted octanol–water partition coefficient (Wildman–Crippen LogP) is 2.37. The van der Waals surface area contributed by atoms with Crippen LogP contribution in [0.3, 0.4) is 0 Å². The van der Waals surface area contributed by atoms with E-state index >= 15 is 0 Å². The summed E-state index contributed by atoms with van der Waals surface area (Å²) < 4.78 is 0. The molecule has 6 heteroatoms. The Hall–Kier alpha value is -2.21. The third-order valence-corrected chi connectivity index (χ3v) is 5.39. The fraction of sp³-hybridized carbons (Fsp3) is 0.353. The number of thiophene rings is 1. The van der Waals surface area contributed by atoms with Gasteiger partial charge in [0.1, 0.15) is 5.54 Å². The molecule has 120 valence electrons. The normalized spacial score (nSPS) is 20.0. The van der Waals surface area contributed by atoms with Crippen molar-refractivity contribution in [2.75, 3.05) is 6.54 Å². The molecule has 1 fully saturated rings. The van der Waals surface area contributed by atoms with Gasteiger partial charge < -0.3 is 10.2 Å². The number of amides is 2. The molecule has 2 aromatic rings. The second kappa shape index (κ2) is 6.12. The lowest BCUT2D eigenvalue weighted by Gasteiger charge is -2.49. The predicted molar refractivity (Wildman–Crippen MR) is 89.2 cm³/mol. The van der Waals surface area contributed by atoms with Crippen molar-refractivity contribution < 1.29 is 9.59 Å². The molecule has 2 aromatic heterocycles. The number of nitrogens with zero attached hydrogens (tertiary/aromatic N) is 2. The second-order valence-corrected chi connectivity index (χ2v) is 6.87. The molecule has 1 saturated heterocycles. The van der Waals surface area contributed by atoms with Crippen LogP contribution in [0.15, 0.2) is 36.0 Å². The second-order valence-electron chi connectivity index (χ2n) is 5.96. The number of carbonyl (C=O) groups is 2. The summed E-state index contributed by atoms with van der Waals surface area (Å²) in [5.74, 6) is -0.169. The van der Waals surface area contributed by atoms with Crippen LogP contribution in [0.4, 0.5) is 0 Å². The maximum atomic E-state index is 12.6. The van der Waals surface area contributed by atoms with Crippen molar-refractivity contribution in [1.82, 2.24) is 15.2 Å². The first kappa shape index (κ1) is 15.7. The number of hydrogen-bond acceptors (Lipinski definition) is 4. The lowest BCUT2D eigenvalue weighted by molar-refractivity contribution is -0.137. The Labute approximate surface area is 139 Å². The molecule has 1 aliphatic heterocycles. The van der Waals surface area contributed by atoms with E-state index in [2.05, 4.69) is 10.3 Å².